The summed E-state index contributed by atoms with van der Waals surface area (Å²) in [7, 11) is -0.629. The molecule has 0 spiro atoms. The van der Waals surface area contributed by atoms with Crippen LogP contribution in [-0.2, 0) is 10.0 Å². The van der Waals surface area contributed by atoms with Crippen molar-refractivity contribution in [2.75, 3.05) is 26.0 Å². The predicted octanol–water partition coefficient (Wildman–Crippen LogP) is 2.96. The lowest BCUT2D eigenvalue weighted by Gasteiger charge is -2.10. The van der Waals surface area contributed by atoms with Crippen molar-refractivity contribution in [2.24, 2.45) is 0 Å². The molecule has 0 aliphatic heterocycles. The van der Waals surface area contributed by atoms with Crippen molar-refractivity contribution < 1.29 is 17.9 Å². The van der Waals surface area contributed by atoms with E-state index in [0.29, 0.717) is 22.0 Å². The van der Waals surface area contributed by atoms with E-state index in [1.54, 1.807) is 31.2 Å². The molecule has 0 aliphatic carbocycles. The Morgan fingerprint density at radius 1 is 1.25 bits per heavy atom. The lowest BCUT2D eigenvalue weighted by atomic mass is 10.3. The zero-order chi connectivity index (χ0) is 17.9. The number of rotatable bonds is 6. The molecular formula is C16H20N2O4S2. The fourth-order valence-corrected chi connectivity index (χ4v) is 4.37. The molecule has 1 aromatic heterocycles. The van der Waals surface area contributed by atoms with Crippen LogP contribution in [0.2, 0.25) is 0 Å². The quantitative estimate of drug-likeness (QED) is 0.850. The van der Waals surface area contributed by atoms with Gasteiger partial charge in [-0.15, -0.1) is 11.3 Å². The Balaban J connectivity index is 2.19. The standard InChI is InChI=1S/C16H20N2O4S2/c1-5-22-13-8-6-12(7-9-13)17-16(19)14-10-15(11(2)23-14)24(20,21)18(3)4/h6-10H,5H2,1-4H3,(H,17,19). The number of ether oxygens (including phenoxy) is 1. The molecule has 1 heterocycles. The van der Waals surface area contributed by atoms with Crippen LogP contribution in [-0.4, -0.2) is 39.3 Å². The Kier molecular flexibility index (Phi) is 5.63. The molecule has 2 rings (SSSR count). The second-order valence-corrected chi connectivity index (χ2v) is 8.61. The molecule has 1 N–H and O–H groups in total. The number of amides is 1. The summed E-state index contributed by atoms with van der Waals surface area (Å²) in [5.41, 5.74) is 0.617. The molecule has 8 heteroatoms. The first-order valence-electron chi connectivity index (χ1n) is 7.33. The highest BCUT2D eigenvalue weighted by atomic mass is 32.2. The third-order valence-electron chi connectivity index (χ3n) is 3.28. The van der Waals surface area contributed by atoms with Crippen molar-refractivity contribution in [1.29, 1.82) is 0 Å². The second-order valence-electron chi connectivity index (χ2n) is 5.23. The number of aryl methyl sites for hydroxylation is 1. The topological polar surface area (TPSA) is 75.7 Å². The van der Waals surface area contributed by atoms with Gasteiger partial charge in [-0.25, -0.2) is 12.7 Å². The Morgan fingerprint density at radius 2 is 1.88 bits per heavy atom. The number of nitrogens with one attached hydrogen (secondary N) is 1. The predicted molar refractivity (Wildman–Crippen MR) is 95.5 cm³/mol. The SMILES string of the molecule is CCOc1ccc(NC(=O)c2cc(S(=O)(=O)N(C)C)c(C)s2)cc1. The van der Waals surface area contributed by atoms with E-state index in [0.717, 1.165) is 21.4 Å². The average Bonchev–Trinajstić information content (AvgIpc) is 2.92. The van der Waals surface area contributed by atoms with E-state index in [1.165, 1.54) is 20.2 Å². The highest BCUT2D eigenvalue weighted by Gasteiger charge is 2.24. The Morgan fingerprint density at radius 3 is 2.42 bits per heavy atom. The number of sulfonamides is 1. The van der Waals surface area contributed by atoms with Gasteiger partial charge in [-0.1, -0.05) is 0 Å². The number of benzene rings is 1. The molecule has 0 aliphatic rings. The number of anilines is 1. The van der Waals surface area contributed by atoms with Crippen molar-refractivity contribution >= 4 is 33.0 Å². The number of hydrogen-bond acceptors (Lipinski definition) is 5. The molecule has 0 saturated carbocycles. The van der Waals surface area contributed by atoms with Gasteiger partial charge < -0.3 is 10.1 Å². The van der Waals surface area contributed by atoms with Gasteiger partial charge in [0.25, 0.3) is 5.91 Å². The van der Waals surface area contributed by atoms with E-state index in [2.05, 4.69) is 5.32 Å². The minimum Gasteiger partial charge on any atom is -0.494 e. The molecule has 130 valence electrons. The maximum absolute atomic E-state index is 12.3. The van der Waals surface area contributed by atoms with Crippen LogP contribution in [0.5, 0.6) is 5.75 Å². The van der Waals surface area contributed by atoms with E-state index >= 15 is 0 Å². The average molecular weight is 368 g/mol. The number of carbonyl (C=O) groups excluding carboxylic acids is 1. The molecule has 0 unspecified atom stereocenters. The lowest BCUT2D eigenvalue weighted by molar-refractivity contribution is 0.103. The lowest BCUT2D eigenvalue weighted by Crippen LogP contribution is -2.22. The van der Waals surface area contributed by atoms with Crippen LogP contribution in [0.25, 0.3) is 0 Å². The number of thiophene rings is 1. The Hall–Kier alpha value is -1.90. The van der Waals surface area contributed by atoms with Crippen molar-refractivity contribution in [1.82, 2.24) is 4.31 Å². The number of carbonyl (C=O) groups is 1. The van der Waals surface area contributed by atoms with Crippen LogP contribution in [0, 0.1) is 6.92 Å². The molecule has 1 aromatic carbocycles. The van der Waals surface area contributed by atoms with Gasteiger partial charge in [0.15, 0.2) is 0 Å². The molecule has 0 atom stereocenters. The number of hydrogen-bond donors (Lipinski definition) is 1. The largest absolute Gasteiger partial charge is 0.494 e. The second kappa shape index (κ2) is 7.33. The van der Waals surface area contributed by atoms with E-state index in [1.807, 2.05) is 6.92 Å². The zero-order valence-corrected chi connectivity index (χ0v) is 15.6. The van der Waals surface area contributed by atoms with Crippen molar-refractivity contribution in [3.8, 4) is 5.75 Å². The van der Waals surface area contributed by atoms with Crippen LogP contribution in [0.1, 0.15) is 21.5 Å². The molecule has 24 heavy (non-hydrogen) atoms. The summed E-state index contributed by atoms with van der Waals surface area (Å²) in [5.74, 6) is 0.384. The minimum atomic E-state index is -3.56. The molecule has 0 fully saturated rings. The normalized spacial score (nSPS) is 11.5. The summed E-state index contributed by atoms with van der Waals surface area (Å²) in [4.78, 5) is 13.4. The first-order valence-corrected chi connectivity index (χ1v) is 9.58. The van der Waals surface area contributed by atoms with Crippen LogP contribution in [0.4, 0.5) is 5.69 Å². The summed E-state index contributed by atoms with van der Waals surface area (Å²) in [6, 6.07) is 8.42. The summed E-state index contributed by atoms with van der Waals surface area (Å²) < 4.78 is 30.9. The van der Waals surface area contributed by atoms with Gasteiger partial charge in [-0.3, -0.25) is 4.79 Å². The molecule has 0 bridgehead atoms. The van der Waals surface area contributed by atoms with Gasteiger partial charge >= 0.3 is 0 Å². The van der Waals surface area contributed by atoms with E-state index < -0.39 is 10.0 Å². The molecule has 2 aromatic rings. The Bertz CT molecular complexity index is 824. The molecule has 0 radical (unpaired) electrons. The molecule has 6 nitrogen and oxygen atoms in total. The van der Waals surface area contributed by atoms with E-state index in [4.69, 9.17) is 4.74 Å². The Labute approximate surface area is 146 Å². The van der Waals surface area contributed by atoms with Crippen LogP contribution >= 0.6 is 11.3 Å². The fourth-order valence-electron chi connectivity index (χ4n) is 2.02. The highest BCUT2D eigenvalue weighted by molar-refractivity contribution is 7.89. The van der Waals surface area contributed by atoms with E-state index in [-0.39, 0.29) is 10.8 Å². The van der Waals surface area contributed by atoms with Gasteiger partial charge in [0.2, 0.25) is 10.0 Å². The van der Waals surface area contributed by atoms with Crippen LogP contribution < -0.4 is 10.1 Å². The fraction of sp³-hybridized carbons (Fsp3) is 0.312. The molecule has 0 saturated heterocycles. The van der Waals surface area contributed by atoms with Gasteiger partial charge in [0.05, 0.1) is 16.4 Å². The smallest absolute Gasteiger partial charge is 0.265 e. The monoisotopic (exact) mass is 368 g/mol. The highest BCUT2D eigenvalue weighted by Crippen LogP contribution is 2.28. The van der Waals surface area contributed by atoms with Crippen molar-refractivity contribution in [3.63, 3.8) is 0 Å². The third kappa shape index (κ3) is 3.95. The third-order valence-corrected chi connectivity index (χ3v) is 6.40. The summed E-state index contributed by atoms with van der Waals surface area (Å²) in [6.07, 6.45) is 0. The summed E-state index contributed by atoms with van der Waals surface area (Å²) >= 11 is 1.15. The zero-order valence-electron chi connectivity index (χ0n) is 14.0. The molecule has 1 amide bonds. The van der Waals surface area contributed by atoms with Gasteiger partial charge in [-0.2, -0.15) is 0 Å². The first kappa shape index (κ1) is 18.4. The van der Waals surface area contributed by atoms with Gasteiger partial charge in [0, 0.05) is 24.7 Å². The first-order chi connectivity index (χ1) is 11.3. The summed E-state index contributed by atoms with van der Waals surface area (Å²) in [6.45, 7) is 4.16. The van der Waals surface area contributed by atoms with Gasteiger partial charge in [-0.05, 0) is 44.2 Å². The maximum atomic E-state index is 12.3. The van der Waals surface area contributed by atoms with Crippen LogP contribution in [0.15, 0.2) is 35.2 Å². The maximum Gasteiger partial charge on any atom is 0.265 e. The van der Waals surface area contributed by atoms with Crippen molar-refractivity contribution in [2.45, 2.75) is 18.7 Å². The number of nitrogens with zero attached hydrogens (tertiary/aromatic N) is 1. The molecular weight excluding hydrogens is 348 g/mol. The minimum absolute atomic E-state index is 0.161. The van der Waals surface area contributed by atoms with E-state index in [9.17, 15) is 13.2 Å². The summed E-state index contributed by atoms with van der Waals surface area (Å²) in [5, 5.41) is 2.76. The van der Waals surface area contributed by atoms with Gasteiger partial charge in [0.1, 0.15) is 5.75 Å². The van der Waals surface area contributed by atoms with Crippen molar-refractivity contribution in [3.05, 3.63) is 40.1 Å². The van der Waals surface area contributed by atoms with Crippen LogP contribution in [0.3, 0.4) is 0 Å².